The van der Waals surface area contributed by atoms with Crippen molar-refractivity contribution < 1.29 is 98.1 Å². The molecule has 2 heterocycles. The maximum atomic E-state index is 14.6. The van der Waals surface area contributed by atoms with Gasteiger partial charge < -0.3 is 29.7 Å². The minimum Gasteiger partial charge on any atom is -0.488 e. The van der Waals surface area contributed by atoms with Crippen molar-refractivity contribution in [3.05, 3.63) is 29.3 Å². The van der Waals surface area contributed by atoms with Crippen molar-refractivity contribution in [2.45, 2.75) is 165 Å². The number of hydrogen-bond acceptors (Lipinski definition) is 14. The number of halogens is 10. The van der Waals surface area contributed by atoms with Crippen LogP contribution in [0.5, 0.6) is 11.6 Å². The quantitative estimate of drug-likeness (QED) is 0.110. The lowest BCUT2D eigenvalue weighted by Crippen LogP contribution is -2.60. The number of alkyl carbamates (subject to hydrolysis) is 1. The molecule has 3 saturated carbocycles. The number of carbonyl (C=O) groups excluding carboxylic acids is 4. The van der Waals surface area contributed by atoms with Gasteiger partial charge in [0.2, 0.25) is 23.3 Å². The van der Waals surface area contributed by atoms with Crippen molar-refractivity contribution in [2.75, 3.05) is 13.2 Å². The molecule has 19 nitrogen and oxygen atoms in total. The number of likely N-dealkylation sites (tertiary alicyclic amines) is 1. The number of pyridine rings is 1. The second-order valence-corrected chi connectivity index (χ2v) is 23.0. The molecule has 74 heavy (non-hydrogen) atoms. The molecule has 0 unspecified atom stereocenters. The summed E-state index contributed by atoms with van der Waals surface area (Å²) >= 11 is 6.44. The van der Waals surface area contributed by atoms with Gasteiger partial charge in [-0.3, -0.25) is 18.6 Å². The first-order chi connectivity index (χ1) is 33.6. The number of nitrogens with one attached hydrogen (secondary N) is 3. The third kappa shape index (κ3) is 15.7. The maximum Gasteiger partial charge on any atom is 0.427 e. The molecule has 418 valence electrons. The lowest BCUT2D eigenvalue weighted by atomic mass is 9.85. The van der Waals surface area contributed by atoms with Crippen LogP contribution >= 0.6 is 11.6 Å². The fourth-order valence-corrected chi connectivity index (χ4v) is 10.3. The van der Waals surface area contributed by atoms with Crippen LogP contribution in [0, 0.1) is 11.3 Å². The van der Waals surface area contributed by atoms with Gasteiger partial charge in [-0.15, -0.1) is 0 Å². The average molecular weight is 1140 g/mol. The fourth-order valence-electron chi connectivity index (χ4n) is 8.19. The van der Waals surface area contributed by atoms with E-state index in [0.29, 0.717) is 24.8 Å². The van der Waals surface area contributed by atoms with Gasteiger partial charge in [-0.1, -0.05) is 51.8 Å². The monoisotopic (exact) mass is 1130 g/mol. The molecule has 5 atom stereocenters. The Morgan fingerprint density at radius 1 is 0.892 bits per heavy atom. The van der Waals surface area contributed by atoms with Crippen LogP contribution in [-0.2, 0) is 48.1 Å². The summed E-state index contributed by atoms with van der Waals surface area (Å²) in [6.07, 6.45) is -20.1. The Morgan fingerprint density at radius 2 is 1.46 bits per heavy atom. The molecule has 4 amide bonds. The van der Waals surface area contributed by atoms with E-state index >= 15 is 0 Å². The highest BCUT2D eigenvalue weighted by Gasteiger charge is 2.63. The van der Waals surface area contributed by atoms with Gasteiger partial charge in [0.15, 0.2) is 0 Å². The van der Waals surface area contributed by atoms with Crippen LogP contribution in [0.4, 0.5) is 44.3 Å². The minimum absolute atomic E-state index is 0.0724. The van der Waals surface area contributed by atoms with E-state index in [1.807, 2.05) is 0 Å². The zero-order valence-corrected chi connectivity index (χ0v) is 43.2. The molecule has 1 saturated heterocycles. The van der Waals surface area contributed by atoms with E-state index in [0.717, 1.165) is 4.90 Å². The van der Waals surface area contributed by atoms with Gasteiger partial charge in [-0.05, 0) is 76.3 Å². The lowest BCUT2D eigenvalue weighted by Gasteiger charge is -2.36. The summed E-state index contributed by atoms with van der Waals surface area (Å²) in [6, 6.07) is 3.23. The molecule has 1 aromatic heterocycles. The van der Waals surface area contributed by atoms with E-state index in [9.17, 15) is 75.5 Å². The summed E-state index contributed by atoms with van der Waals surface area (Å²) in [7, 11) is -9.41. The number of amides is 4. The second-order valence-electron chi connectivity index (χ2n) is 20.1. The van der Waals surface area contributed by atoms with Gasteiger partial charge in [-0.2, -0.15) is 56.3 Å². The van der Waals surface area contributed by atoms with Crippen LogP contribution in [0.3, 0.4) is 0 Å². The molecule has 31 heteroatoms. The zero-order valence-electron chi connectivity index (χ0n) is 40.8. The third-order valence-corrected chi connectivity index (χ3v) is 14.3. The van der Waals surface area contributed by atoms with Crippen LogP contribution < -0.4 is 30.0 Å². The SMILES string of the molecule is CCOc1cc(O[C@@H]2C[C@@H](C(=O)N[C@]3(C(=O)NS(=O)(=O)OC4(CC(F)(F)F)CC4)C[C@H]3CC)N(C(=O)[C@@H](NC(=O)OC(C)(C)C(F)(F)F)C(C)(C)C)C2)c2cccc(Cl)c2n1.NS(=O)(=O)OC1(CC(F)(F)F)CC1. The maximum absolute atomic E-state index is 14.6. The van der Waals surface area contributed by atoms with Crippen LogP contribution in [0.2, 0.25) is 5.02 Å². The normalized spacial score (nSPS) is 22.9. The number of benzene rings is 1. The average Bonchev–Trinajstić information content (AvgIpc) is 4.17. The molecule has 6 rings (SSSR count). The Kier molecular flexibility index (Phi) is 17.1. The Hall–Kier alpha value is -4.65. The van der Waals surface area contributed by atoms with Gasteiger partial charge in [0.05, 0.1) is 47.7 Å². The first kappa shape index (κ1) is 60.2. The number of ether oxygens (including phenoxy) is 3. The van der Waals surface area contributed by atoms with Crippen LogP contribution in [0.1, 0.15) is 106 Å². The summed E-state index contributed by atoms with van der Waals surface area (Å²) in [4.78, 5) is 61.0. The fraction of sp³-hybridized carbons (Fsp3) is 0.698. The molecule has 4 aliphatic rings. The van der Waals surface area contributed by atoms with Gasteiger partial charge in [0, 0.05) is 17.9 Å². The molecule has 3 aliphatic carbocycles. The van der Waals surface area contributed by atoms with Crippen molar-refractivity contribution >= 4 is 66.9 Å². The van der Waals surface area contributed by atoms with Gasteiger partial charge >= 0.3 is 45.2 Å². The number of rotatable bonds is 18. The predicted molar refractivity (Wildman–Crippen MR) is 242 cm³/mol. The highest BCUT2D eigenvalue weighted by molar-refractivity contribution is 7.85. The Morgan fingerprint density at radius 3 is 1.93 bits per heavy atom. The molecule has 1 aromatic carbocycles. The second kappa shape index (κ2) is 21.1. The summed E-state index contributed by atoms with van der Waals surface area (Å²) in [6.45, 7) is 8.98. The van der Waals surface area contributed by atoms with Crippen molar-refractivity contribution in [1.29, 1.82) is 0 Å². The Balaban J connectivity index is 0.000000678. The molecule has 0 bridgehead atoms. The van der Waals surface area contributed by atoms with E-state index in [1.54, 1.807) is 36.8 Å². The van der Waals surface area contributed by atoms with Crippen LogP contribution in [-0.4, -0.2) is 123 Å². The number of carbonyl (C=O) groups is 4. The smallest absolute Gasteiger partial charge is 0.427 e. The van der Waals surface area contributed by atoms with E-state index < -0.39 is 128 Å². The molecule has 4 fully saturated rings. The molecular weight excluding hydrogens is 1080 g/mol. The number of aromatic nitrogens is 1. The van der Waals surface area contributed by atoms with E-state index in [1.165, 1.54) is 26.8 Å². The molecule has 2 aromatic rings. The van der Waals surface area contributed by atoms with Gasteiger partial charge in [0.25, 0.3) is 5.91 Å². The molecule has 0 spiro atoms. The summed E-state index contributed by atoms with van der Waals surface area (Å²) in [5.41, 5.74) is -9.47. The number of nitrogens with two attached hydrogens (primary N) is 1. The zero-order chi connectivity index (χ0) is 56.1. The molecule has 5 N–H and O–H groups in total. The van der Waals surface area contributed by atoms with Crippen molar-refractivity contribution in [2.24, 2.45) is 16.5 Å². The van der Waals surface area contributed by atoms with Crippen LogP contribution in [0.25, 0.3) is 10.9 Å². The first-order valence-electron chi connectivity index (χ1n) is 22.8. The summed E-state index contributed by atoms with van der Waals surface area (Å²) < 4.78 is 190. The lowest BCUT2D eigenvalue weighted by molar-refractivity contribution is -0.244. The largest absolute Gasteiger partial charge is 0.488 e. The van der Waals surface area contributed by atoms with Gasteiger partial charge in [0.1, 0.15) is 29.5 Å². The number of hydrogen-bond donors (Lipinski definition) is 4. The van der Waals surface area contributed by atoms with Gasteiger partial charge in [-0.25, -0.2) is 23.8 Å². The molecule has 0 radical (unpaired) electrons. The highest BCUT2D eigenvalue weighted by Crippen LogP contribution is 2.50. The van der Waals surface area contributed by atoms with Crippen molar-refractivity contribution in [1.82, 2.24) is 25.2 Å². The Labute approximate surface area is 424 Å². The first-order valence-corrected chi connectivity index (χ1v) is 26.1. The number of nitrogens with zero attached hydrogens (tertiary/aromatic N) is 2. The number of para-hydroxylation sites is 1. The van der Waals surface area contributed by atoms with E-state index in [2.05, 4.69) is 29.7 Å². The van der Waals surface area contributed by atoms with Crippen LogP contribution in [0.15, 0.2) is 24.3 Å². The van der Waals surface area contributed by atoms with E-state index in [-0.39, 0.29) is 74.7 Å². The summed E-state index contributed by atoms with van der Waals surface area (Å²) in [5, 5.41) is 9.92. The third-order valence-electron chi connectivity index (χ3n) is 12.4. The Bertz CT molecular complexity index is 2680. The predicted octanol–water partition coefficient (Wildman–Crippen LogP) is 6.96. The minimum atomic E-state index is -5.12. The topological polar surface area (TPSA) is 261 Å². The van der Waals surface area contributed by atoms with E-state index in [4.69, 9.17) is 25.3 Å². The highest BCUT2D eigenvalue weighted by atomic mass is 35.5. The number of fused-ring (bicyclic) bond motifs is 1. The van der Waals surface area contributed by atoms with Crippen molar-refractivity contribution in [3.8, 4) is 11.6 Å². The standard InChI is InChI=1S/C38H48ClF6N5O10S.C5H8F3NO3S/c1-8-20-17-36(20,31(53)49-61(55,56)60-35(13-14-35)19-37(40,41)42)48-29(51)24-15-21(58-25-16-26(57-9-2)46-27-22(25)11-10-12-23(27)39)18-50(24)30(52)28(33(3,4)5)47-32(54)59-34(6,7)38(43,44)45;6-5(7,8)3-4(1-2-4)12-13(9,10)11/h10-12,16,20-21,24,28H,8-9,13-15,17-19H2,1-7H3,(H,47,54)(H,48,51)(H,49,53);1-3H2,(H2,9,10,11)/t20-,21-,24+,28-,36-;/m1./s1. The molecular formula is C43H56ClF9N6O13S2. The number of alkyl halides is 9. The van der Waals surface area contributed by atoms with Crippen molar-refractivity contribution in [3.63, 3.8) is 0 Å². The molecule has 1 aliphatic heterocycles. The summed E-state index contributed by atoms with van der Waals surface area (Å²) in [5.74, 6) is -3.55.